The first kappa shape index (κ1) is 18.5. The quantitative estimate of drug-likeness (QED) is 0.582. The number of hydrogen-bond donors (Lipinski definition) is 2. The van der Waals surface area contributed by atoms with Gasteiger partial charge in [-0.25, -0.2) is 9.38 Å². The van der Waals surface area contributed by atoms with Gasteiger partial charge in [0.15, 0.2) is 0 Å². The molecule has 0 saturated carbocycles. The third-order valence-electron chi connectivity index (χ3n) is 3.92. The minimum absolute atomic E-state index is 0.0689. The molecule has 1 fully saturated rings. The van der Waals surface area contributed by atoms with Gasteiger partial charge in [0.1, 0.15) is 5.82 Å². The molecular formula is C19H19BrFN3O2. The smallest absolute Gasteiger partial charge is 0.257 e. The molecular weight excluding hydrogens is 401 g/mol. The molecule has 2 N–H and O–H groups in total. The van der Waals surface area contributed by atoms with Gasteiger partial charge in [0.05, 0.1) is 12.6 Å². The maximum absolute atomic E-state index is 13.0. The Balaban J connectivity index is 1.72. The van der Waals surface area contributed by atoms with Crippen molar-refractivity contribution in [2.24, 2.45) is 4.99 Å². The van der Waals surface area contributed by atoms with Crippen LogP contribution in [0.3, 0.4) is 0 Å². The summed E-state index contributed by atoms with van der Waals surface area (Å²) in [6.45, 7) is 1.21. The normalized spacial score (nSPS) is 17.2. The summed E-state index contributed by atoms with van der Waals surface area (Å²) >= 11 is 3.39. The van der Waals surface area contributed by atoms with Gasteiger partial charge in [-0.3, -0.25) is 10.1 Å². The summed E-state index contributed by atoms with van der Waals surface area (Å²) in [7, 11) is 0. The Hall–Kier alpha value is -2.25. The number of nitrogens with one attached hydrogen (secondary N) is 2. The molecule has 0 aliphatic carbocycles. The van der Waals surface area contributed by atoms with E-state index in [9.17, 15) is 9.18 Å². The lowest BCUT2D eigenvalue weighted by Gasteiger charge is -2.13. The highest BCUT2D eigenvalue weighted by molar-refractivity contribution is 9.10. The molecule has 2 aromatic rings. The fourth-order valence-corrected chi connectivity index (χ4v) is 2.81. The van der Waals surface area contributed by atoms with E-state index in [1.165, 1.54) is 24.3 Å². The van der Waals surface area contributed by atoms with Crippen LogP contribution >= 0.6 is 15.9 Å². The number of guanidine groups is 1. The van der Waals surface area contributed by atoms with Gasteiger partial charge < -0.3 is 10.1 Å². The van der Waals surface area contributed by atoms with E-state index >= 15 is 0 Å². The highest BCUT2D eigenvalue weighted by Gasteiger charge is 2.16. The zero-order valence-electron chi connectivity index (χ0n) is 14.0. The fraction of sp³-hybridized carbons (Fsp3) is 0.263. The molecule has 2 aromatic carbocycles. The number of carbonyl (C=O) groups excluding carboxylic acids is 1. The minimum atomic E-state index is -0.387. The minimum Gasteiger partial charge on any atom is -0.376 e. The Bertz CT molecular complexity index is 772. The van der Waals surface area contributed by atoms with Crippen molar-refractivity contribution in [3.8, 4) is 0 Å². The van der Waals surface area contributed by atoms with Crippen LogP contribution < -0.4 is 10.6 Å². The van der Waals surface area contributed by atoms with E-state index in [0.29, 0.717) is 18.1 Å². The van der Waals surface area contributed by atoms with Gasteiger partial charge in [0.2, 0.25) is 5.96 Å². The molecule has 1 aliphatic rings. The van der Waals surface area contributed by atoms with Crippen molar-refractivity contribution in [1.29, 1.82) is 0 Å². The van der Waals surface area contributed by atoms with E-state index in [0.717, 1.165) is 29.6 Å². The van der Waals surface area contributed by atoms with Crippen LogP contribution in [-0.2, 0) is 4.74 Å². The van der Waals surface area contributed by atoms with Crippen LogP contribution in [0.4, 0.5) is 10.1 Å². The number of hydrogen-bond acceptors (Lipinski definition) is 3. The van der Waals surface area contributed by atoms with Crippen LogP contribution in [-0.4, -0.2) is 31.1 Å². The van der Waals surface area contributed by atoms with Crippen LogP contribution in [0.25, 0.3) is 0 Å². The Morgan fingerprint density at radius 3 is 2.58 bits per heavy atom. The van der Waals surface area contributed by atoms with Crippen molar-refractivity contribution in [1.82, 2.24) is 5.32 Å². The van der Waals surface area contributed by atoms with E-state index in [4.69, 9.17) is 4.74 Å². The van der Waals surface area contributed by atoms with Gasteiger partial charge in [-0.05, 0) is 61.4 Å². The van der Waals surface area contributed by atoms with Crippen molar-refractivity contribution < 1.29 is 13.9 Å². The Morgan fingerprint density at radius 2 is 1.92 bits per heavy atom. The van der Waals surface area contributed by atoms with Crippen molar-refractivity contribution in [2.75, 3.05) is 18.5 Å². The third kappa shape index (κ3) is 5.37. The first-order valence-corrected chi connectivity index (χ1v) is 9.15. The lowest BCUT2D eigenvalue weighted by atomic mass is 10.2. The van der Waals surface area contributed by atoms with Crippen molar-refractivity contribution >= 4 is 33.5 Å². The summed E-state index contributed by atoms with van der Waals surface area (Å²) in [6.07, 6.45) is 2.05. The lowest BCUT2D eigenvalue weighted by Crippen LogP contribution is -2.36. The van der Waals surface area contributed by atoms with Gasteiger partial charge >= 0.3 is 0 Å². The first-order valence-electron chi connectivity index (χ1n) is 8.36. The van der Waals surface area contributed by atoms with Gasteiger partial charge in [-0.15, -0.1) is 0 Å². The van der Waals surface area contributed by atoms with Crippen molar-refractivity contribution in [2.45, 2.75) is 18.9 Å². The van der Waals surface area contributed by atoms with Crippen LogP contribution in [0.1, 0.15) is 23.2 Å². The maximum Gasteiger partial charge on any atom is 0.257 e. The molecule has 1 amide bonds. The second-order valence-electron chi connectivity index (χ2n) is 5.92. The Labute approximate surface area is 159 Å². The monoisotopic (exact) mass is 419 g/mol. The summed E-state index contributed by atoms with van der Waals surface area (Å²) in [6, 6.07) is 12.9. The second-order valence-corrected chi connectivity index (χ2v) is 6.83. The number of rotatable bonds is 4. The SMILES string of the molecule is O=C(NC(=NCC1CCCO1)Nc1ccc(Br)cc1)c1ccc(F)cc1. The molecule has 1 unspecified atom stereocenters. The van der Waals surface area contributed by atoms with E-state index in [1.54, 1.807) is 0 Å². The van der Waals surface area contributed by atoms with Gasteiger partial charge in [-0.1, -0.05) is 15.9 Å². The number of benzene rings is 2. The molecule has 136 valence electrons. The third-order valence-corrected chi connectivity index (χ3v) is 4.45. The largest absolute Gasteiger partial charge is 0.376 e. The average Bonchev–Trinajstić information content (AvgIpc) is 3.15. The van der Waals surface area contributed by atoms with Crippen LogP contribution in [0.15, 0.2) is 58.0 Å². The van der Waals surface area contributed by atoms with Crippen LogP contribution in [0.5, 0.6) is 0 Å². The number of ether oxygens (including phenoxy) is 1. The van der Waals surface area contributed by atoms with E-state index in [1.807, 2.05) is 24.3 Å². The Morgan fingerprint density at radius 1 is 1.19 bits per heavy atom. The average molecular weight is 420 g/mol. The lowest BCUT2D eigenvalue weighted by molar-refractivity contribution is 0.0975. The predicted octanol–water partition coefficient (Wildman–Crippen LogP) is 3.97. The number of aliphatic imine (C=N–C) groups is 1. The predicted molar refractivity (Wildman–Crippen MR) is 103 cm³/mol. The summed E-state index contributed by atoms with van der Waals surface area (Å²) in [5.74, 6) is -0.417. The van der Waals surface area contributed by atoms with Gasteiger partial charge in [0.25, 0.3) is 5.91 Å². The molecule has 1 saturated heterocycles. The molecule has 0 spiro atoms. The van der Waals surface area contributed by atoms with Crippen molar-refractivity contribution in [3.05, 3.63) is 64.4 Å². The summed E-state index contributed by atoms with van der Waals surface area (Å²) in [4.78, 5) is 16.9. The zero-order valence-corrected chi connectivity index (χ0v) is 15.6. The van der Waals surface area contributed by atoms with Crippen molar-refractivity contribution in [3.63, 3.8) is 0 Å². The highest BCUT2D eigenvalue weighted by Crippen LogP contribution is 2.15. The second kappa shape index (κ2) is 8.91. The number of nitrogens with zero attached hydrogens (tertiary/aromatic N) is 1. The molecule has 0 radical (unpaired) electrons. The topological polar surface area (TPSA) is 62.7 Å². The summed E-state index contributed by atoms with van der Waals surface area (Å²) in [5, 5.41) is 5.86. The molecule has 26 heavy (non-hydrogen) atoms. The standard InChI is InChI=1S/C19H19BrFN3O2/c20-14-5-9-16(10-6-14)23-19(22-12-17-2-1-11-26-17)24-18(25)13-3-7-15(21)8-4-13/h3-10,17H,1-2,11-12H2,(H2,22,23,24,25). The zero-order chi connectivity index (χ0) is 18.4. The molecule has 0 aromatic heterocycles. The Kier molecular flexibility index (Phi) is 6.35. The first-order chi connectivity index (χ1) is 12.6. The molecule has 3 rings (SSSR count). The number of amides is 1. The molecule has 1 heterocycles. The summed E-state index contributed by atoms with van der Waals surface area (Å²) in [5.41, 5.74) is 1.15. The molecule has 0 bridgehead atoms. The number of halogens is 2. The van der Waals surface area contributed by atoms with E-state index in [-0.39, 0.29) is 17.8 Å². The van der Waals surface area contributed by atoms with Gasteiger partial charge in [-0.2, -0.15) is 0 Å². The van der Waals surface area contributed by atoms with Crippen LogP contribution in [0, 0.1) is 5.82 Å². The fourth-order valence-electron chi connectivity index (χ4n) is 2.54. The van der Waals surface area contributed by atoms with E-state index < -0.39 is 0 Å². The van der Waals surface area contributed by atoms with E-state index in [2.05, 4.69) is 31.6 Å². The number of carbonyl (C=O) groups is 1. The molecule has 7 heteroatoms. The maximum atomic E-state index is 13.0. The molecule has 1 atom stereocenters. The molecule has 5 nitrogen and oxygen atoms in total. The highest BCUT2D eigenvalue weighted by atomic mass is 79.9. The molecule has 1 aliphatic heterocycles. The van der Waals surface area contributed by atoms with Crippen LogP contribution in [0.2, 0.25) is 0 Å². The number of anilines is 1. The van der Waals surface area contributed by atoms with Gasteiger partial charge in [0, 0.05) is 22.3 Å². The summed E-state index contributed by atoms with van der Waals surface area (Å²) < 4.78 is 19.6.